The zero-order valence-electron chi connectivity index (χ0n) is 19.6. The number of benzene rings is 1. The molecule has 6 rings (SSSR count). The molecule has 2 N–H and O–H groups in total. The fraction of sp³-hybridized carbons (Fsp3) is 0.593. The van der Waals surface area contributed by atoms with E-state index >= 15 is 0 Å². The minimum absolute atomic E-state index is 0.611. The van der Waals surface area contributed by atoms with E-state index in [1.807, 2.05) is 12.1 Å². The minimum atomic E-state index is 0.611. The molecule has 0 amide bonds. The molecule has 4 atom stereocenters. The van der Waals surface area contributed by atoms with Crippen molar-refractivity contribution in [1.29, 1.82) is 0 Å². The van der Waals surface area contributed by atoms with Gasteiger partial charge in [-0.1, -0.05) is 30.3 Å². The van der Waals surface area contributed by atoms with Crippen molar-refractivity contribution in [2.45, 2.75) is 44.7 Å². The molecule has 0 aliphatic carbocycles. The van der Waals surface area contributed by atoms with E-state index in [-0.39, 0.29) is 0 Å². The molecule has 0 radical (unpaired) electrons. The lowest BCUT2D eigenvalue weighted by molar-refractivity contribution is -0.0142. The zero-order chi connectivity index (χ0) is 22.5. The van der Waals surface area contributed by atoms with Gasteiger partial charge in [0.1, 0.15) is 5.76 Å². The summed E-state index contributed by atoms with van der Waals surface area (Å²) >= 11 is 5.47. The number of hydrogen-bond acceptors (Lipinski definition) is 4. The largest absolute Gasteiger partial charge is 0.467 e. The van der Waals surface area contributed by atoms with Crippen LogP contribution in [0.25, 0.3) is 0 Å². The predicted molar refractivity (Wildman–Crippen MR) is 137 cm³/mol. The molecule has 4 aliphatic rings. The SMILES string of the molecule is S=C(NCc1ccco1)NCC1CC2CCN1CC2CN1CCC(Cc2ccccc2)CC1. The van der Waals surface area contributed by atoms with Gasteiger partial charge < -0.3 is 20.0 Å². The second kappa shape index (κ2) is 11.0. The van der Waals surface area contributed by atoms with Gasteiger partial charge in [-0.15, -0.1) is 0 Å². The van der Waals surface area contributed by atoms with Crippen molar-refractivity contribution >= 4 is 17.3 Å². The van der Waals surface area contributed by atoms with Crippen LogP contribution in [0.2, 0.25) is 0 Å². The van der Waals surface area contributed by atoms with Crippen molar-refractivity contribution in [2.24, 2.45) is 17.8 Å². The van der Waals surface area contributed by atoms with Crippen molar-refractivity contribution in [3.63, 3.8) is 0 Å². The van der Waals surface area contributed by atoms with E-state index in [1.165, 1.54) is 70.4 Å². The number of furan rings is 1. The van der Waals surface area contributed by atoms with Gasteiger partial charge in [0.2, 0.25) is 0 Å². The highest BCUT2D eigenvalue weighted by Gasteiger charge is 2.40. The lowest BCUT2D eigenvalue weighted by atomic mass is 9.75. The van der Waals surface area contributed by atoms with Gasteiger partial charge in [-0.3, -0.25) is 4.90 Å². The summed E-state index contributed by atoms with van der Waals surface area (Å²) in [7, 11) is 0. The average Bonchev–Trinajstić information content (AvgIpc) is 3.38. The van der Waals surface area contributed by atoms with Gasteiger partial charge in [-0.2, -0.15) is 0 Å². The minimum Gasteiger partial charge on any atom is -0.467 e. The molecule has 1 aromatic heterocycles. The number of piperidine rings is 4. The first-order valence-electron chi connectivity index (χ1n) is 12.8. The predicted octanol–water partition coefficient (Wildman–Crippen LogP) is 3.91. The monoisotopic (exact) mass is 466 g/mol. The molecular weight excluding hydrogens is 428 g/mol. The van der Waals surface area contributed by atoms with Crippen LogP contribution in [0.1, 0.15) is 37.0 Å². The van der Waals surface area contributed by atoms with Crippen LogP contribution in [0.4, 0.5) is 0 Å². The van der Waals surface area contributed by atoms with Crippen molar-refractivity contribution < 1.29 is 4.42 Å². The summed E-state index contributed by atoms with van der Waals surface area (Å²) in [6.45, 7) is 7.94. The van der Waals surface area contributed by atoms with Gasteiger partial charge in [0.05, 0.1) is 12.8 Å². The third-order valence-electron chi connectivity index (χ3n) is 8.08. The van der Waals surface area contributed by atoms with E-state index in [2.05, 4.69) is 50.8 Å². The molecule has 2 aromatic rings. The Hall–Kier alpha value is -1.89. The highest BCUT2D eigenvalue weighted by Crippen LogP contribution is 2.37. The Morgan fingerprint density at radius 2 is 1.85 bits per heavy atom. The lowest BCUT2D eigenvalue weighted by Gasteiger charge is -2.51. The van der Waals surface area contributed by atoms with Crippen LogP contribution in [0.15, 0.2) is 53.1 Å². The molecule has 0 spiro atoms. The first-order valence-corrected chi connectivity index (χ1v) is 13.2. The fourth-order valence-electron chi connectivity index (χ4n) is 6.17. The fourth-order valence-corrected chi connectivity index (χ4v) is 6.33. The smallest absolute Gasteiger partial charge is 0.166 e. The molecule has 4 fully saturated rings. The maximum absolute atomic E-state index is 5.47. The molecule has 2 bridgehead atoms. The Balaban J connectivity index is 1.02. The van der Waals surface area contributed by atoms with Crippen LogP contribution in [0.5, 0.6) is 0 Å². The Bertz CT molecular complexity index is 866. The number of nitrogens with zero attached hydrogens (tertiary/aromatic N) is 2. The molecule has 5 nitrogen and oxygen atoms in total. The number of rotatable bonds is 8. The van der Waals surface area contributed by atoms with Gasteiger partial charge in [0, 0.05) is 25.7 Å². The topological polar surface area (TPSA) is 43.7 Å². The van der Waals surface area contributed by atoms with E-state index in [4.69, 9.17) is 16.6 Å². The average molecular weight is 467 g/mol. The summed E-state index contributed by atoms with van der Waals surface area (Å²) < 4.78 is 5.36. The van der Waals surface area contributed by atoms with E-state index in [0.29, 0.717) is 12.6 Å². The lowest BCUT2D eigenvalue weighted by Crippen LogP contribution is -2.59. The summed E-state index contributed by atoms with van der Waals surface area (Å²) in [6, 6.07) is 15.5. The molecule has 4 aliphatic heterocycles. The standard InChI is InChI=1S/C27H38N4OS/c33-27(29-18-26-7-4-14-32-26)28-17-25-16-23-10-13-31(25)20-24(23)19-30-11-8-22(9-12-30)15-21-5-2-1-3-6-21/h1-7,14,22-25H,8-13,15-20H2,(H2,28,29,33). The molecular formula is C27H38N4OS. The number of nitrogens with one attached hydrogen (secondary N) is 2. The molecule has 5 heterocycles. The third-order valence-corrected chi connectivity index (χ3v) is 8.37. The van der Waals surface area contributed by atoms with Crippen LogP contribution in [0, 0.1) is 17.8 Å². The Morgan fingerprint density at radius 3 is 2.58 bits per heavy atom. The van der Waals surface area contributed by atoms with Crippen molar-refractivity contribution in [3.05, 3.63) is 60.1 Å². The van der Waals surface area contributed by atoms with Gasteiger partial charge in [-0.25, -0.2) is 0 Å². The number of fused-ring (bicyclic) bond motifs is 3. The van der Waals surface area contributed by atoms with Crippen LogP contribution < -0.4 is 10.6 Å². The van der Waals surface area contributed by atoms with Crippen LogP contribution in [-0.4, -0.2) is 60.2 Å². The van der Waals surface area contributed by atoms with Crippen LogP contribution >= 0.6 is 12.2 Å². The van der Waals surface area contributed by atoms with Gasteiger partial charge >= 0.3 is 0 Å². The first kappa shape index (κ1) is 22.9. The van der Waals surface area contributed by atoms with Gasteiger partial charge in [0.25, 0.3) is 0 Å². The highest BCUT2D eigenvalue weighted by molar-refractivity contribution is 7.80. The summed E-state index contributed by atoms with van der Waals surface area (Å²) in [5, 5.41) is 7.42. The third kappa shape index (κ3) is 6.17. The molecule has 6 heteroatoms. The molecule has 4 unspecified atom stereocenters. The highest BCUT2D eigenvalue weighted by atomic mass is 32.1. The summed E-state index contributed by atoms with van der Waals surface area (Å²) in [6.07, 6.45) is 8.33. The summed E-state index contributed by atoms with van der Waals surface area (Å²) in [4.78, 5) is 5.48. The molecule has 178 valence electrons. The van der Waals surface area contributed by atoms with E-state index in [9.17, 15) is 0 Å². The van der Waals surface area contributed by atoms with Crippen molar-refractivity contribution in [3.8, 4) is 0 Å². The quantitative estimate of drug-likeness (QED) is 0.575. The second-order valence-electron chi connectivity index (χ2n) is 10.3. The van der Waals surface area contributed by atoms with Crippen molar-refractivity contribution in [1.82, 2.24) is 20.4 Å². The molecule has 33 heavy (non-hydrogen) atoms. The molecule has 1 aromatic carbocycles. The summed E-state index contributed by atoms with van der Waals surface area (Å²) in [5.41, 5.74) is 1.50. The zero-order valence-corrected chi connectivity index (χ0v) is 20.4. The maximum atomic E-state index is 5.47. The number of thiocarbonyl (C=S) groups is 1. The Labute approximate surface area is 203 Å². The first-order chi connectivity index (χ1) is 16.2. The Morgan fingerprint density at radius 1 is 1.00 bits per heavy atom. The second-order valence-corrected chi connectivity index (χ2v) is 10.7. The molecule has 4 saturated heterocycles. The maximum Gasteiger partial charge on any atom is 0.166 e. The van der Waals surface area contributed by atoms with Gasteiger partial charge in [-0.05, 0) is 99.4 Å². The molecule has 0 saturated carbocycles. The normalized spacial score (nSPS) is 28.0. The van der Waals surface area contributed by atoms with Gasteiger partial charge in [0.15, 0.2) is 5.11 Å². The van der Waals surface area contributed by atoms with Crippen molar-refractivity contribution in [2.75, 3.05) is 39.3 Å². The number of hydrogen-bond donors (Lipinski definition) is 2. The van der Waals surface area contributed by atoms with E-state index in [0.717, 1.165) is 35.2 Å². The van der Waals surface area contributed by atoms with Crippen LogP contribution in [-0.2, 0) is 13.0 Å². The van der Waals surface area contributed by atoms with Crippen LogP contribution in [0.3, 0.4) is 0 Å². The Kier molecular flexibility index (Phi) is 7.64. The number of likely N-dealkylation sites (tertiary alicyclic amines) is 1. The van der Waals surface area contributed by atoms with E-state index < -0.39 is 0 Å². The van der Waals surface area contributed by atoms with E-state index in [1.54, 1.807) is 6.26 Å². The summed E-state index contributed by atoms with van der Waals surface area (Å²) in [5.74, 6) is 3.47.